The maximum atomic E-state index is 11.5. The van der Waals surface area contributed by atoms with Gasteiger partial charge in [0.05, 0.1) is 16.1 Å². The lowest BCUT2D eigenvalue weighted by molar-refractivity contribution is -0.380. The normalized spacial score (nSPS) is 10.0. The molecule has 0 aromatic carbocycles. The second-order valence-electron chi connectivity index (χ2n) is 3.12. The van der Waals surface area contributed by atoms with Gasteiger partial charge in [-0.2, -0.15) is 11.3 Å². The minimum atomic E-state index is -0.893. The molecule has 8 heteroatoms. The van der Waals surface area contributed by atoms with Crippen LogP contribution >= 0.6 is 22.7 Å². The SMILES string of the molecule is O=C(OC(=O)c1csc([N+](=O)[O-])c1)c1ccsc1. The van der Waals surface area contributed by atoms with Crippen molar-refractivity contribution in [2.45, 2.75) is 0 Å². The lowest BCUT2D eigenvalue weighted by atomic mass is 10.3. The Morgan fingerprint density at radius 2 is 1.94 bits per heavy atom. The van der Waals surface area contributed by atoms with E-state index in [0.29, 0.717) is 0 Å². The van der Waals surface area contributed by atoms with Crippen LogP contribution < -0.4 is 0 Å². The maximum absolute atomic E-state index is 11.5. The molecule has 0 spiro atoms. The Balaban J connectivity index is 2.08. The zero-order chi connectivity index (χ0) is 13.1. The topological polar surface area (TPSA) is 86.5 Å². The van der Waals surface area contributed by atoms with E-state index in [0.717, 1.165) is 17.4 Å². The average Bonchev–Trinajstić information content (AvgIpc) is 3.00. The molecule has 0 aliphatic heterocycles. The number of carbonyl (C=O) groups excluding carboxylic acids is 2. The first-order valence-electron chi connectivity index (χ1n) is 4.59. The highest BCUT2D eigenvalue weighted by atomic mass is 32.1. The summed E-state index contributed by atoms with van der Waals surface area (Å²) >= 11 is 2.10. The Morgan fingerprint density at radius 3 is 2.50 bits per heavy atom. The van der Waals surface area contributed by atoms with Crippen LogP contribution in [0.25, 0.3) is 0 Å². The van der Waals surface area contributed by atoms with Crippen LogP contribution in [0.15, 0.2) is 28.3 Å². The van der Waals surface area contributed by atoms with E-state index < -0.39 is 16.9 Å². The van der Waals surface area contributed by atoms with Crippen LogP contribution in [0, 0.1) is 10.1 Å². The largest absolute Gasteiger partial charge is 0.386 e. The summed E-state index contributed by atoms with van der Waals surface area (Å²) in [5, 5.41) is 14.8. The fourth-order valence-electron chi connectivity index (χ4n) is 1.11. The van der Waals surface area contributed by atoms with Crippen LogP contribution in [0.1, 0.15) is 20.7 Å². The molecule has 0 N–H and O–H groups in total. The van der Waals surface area contributed by atoms with Gasteiger partial charge in [-0.05, 0) is 11.4 Å². The molecule has 2 aromatic heterocycles. The molecular weight excluding hydrogens is 278 g/mol. The molecule has 0 saturated heterocycles. The van der Waals surface area contributed by atoms with Crippen molar-refractivity contribution in [3.8, 4) is 0 Å². The van der Waals surface area contributed by atoms with Crippen molar-refractivity contribution in [1.29, 1.82) is 0 Å². The molecule has 92 valence electrons. The predicted molar refractivity (Wildman–Crippen MR) is 65.0 cm³/mol. The van der Waals surface area contributed by atoms with E-state index in [1.807, 2.05) is 0 Å². The number of esters is 2. The predicted octanol–water partition coefficient (Wildman–Crippen LogP) is 2.72. The van der Waals surface area contributed by atoms with Gasteiger partial charge in [-0.25, -0.2) is 9.59 Å². The molecule has 0 amide bonds. The lowest BCUT2D eigenvalue weighted by Gasteiger charge is -1.98. The summed E-state index contributed by atoms with van der Waals surface area (Å²) in [5.41, 5.74) is 0.272. The van der Waals surface area contributed by atoms with E-state index in [1.54, 1.807) is 10.8 Å². The van der Waals surface area contributed by atoms with Crippen molar-refractivity contribution < 1.29 is 19.2 Å². The fourth-order valence-corrected chi connectivity index (χ4v) is 2.43. The molecule has 2 heterocycles. The molecular formula is C10H5NO5S2. The minimum absolute atomic E-state index is 0.00437. The van der Waals surface area contributed by atoms with Crippen molar-refractivity contribution in [2.75, 3.05) is 0 Å². The molecule has 0 bridgehead atoms. The van der Waals surface area contributed by atoms with E-state index in [9.17, 15) is 19.7 Å². The van der Waals surface area contributed by atoms with Crippen LogP contribution in [0.3, 0.4) is 0 Å². The molecule has 0 unspecified atom stereocenters. The van der Waals surface area contributed by atoms with Gasteiger partial charge in [0.25, 0.3) is 0 Å². The van der Waals surface area contributed by atoms with Gasteiger partial charge in [-0.1, -0.05) is 11.3 Å². The van der Waals surface area contributed by atoms with Gasteiger partial charge in [-0.15, -0.1) is 0 Å². The van der Waals surface area contributed by atoms with E-state index >= 15 is 0 Å². The highest BCUT2D eigenvalue weighted by Crippen LogP contribution is 2.23. The Kier molecular flexibility index (Phi) is 3.49. The monoisotopic (exact) mass is 283 g/mol. The van der Waals surface area contributed by atoms with Crippen LogP contribution in [0.4, 0.5) is 5.00 Å². The van der Waals surface area contributed by atoms with Crippen molar-refractivity contribution >= 4 is 39.6 Å². The smallest absolute Gasteiger partial charge is 0.347 e. The van der Waals surface area contributed by atoms with Crippen molar-refractivity contribution in [3.63, 3.8) is 0 Å². The van der Waals surface area contributed by atoms with Gasteiger partial charge in [0.2, 0.25) is 0 Å². The quantitative estimate of drug-likeness (QED) is 0.374. The highest BCUT2D eigenvalue weighted by Gasteiger charge is 2.19. The third kappa shape index (κ3) is 2.60. The van der Waals surface area contributed by atoms with Crippen molar-refractivity contribution in [1.82, 2.24) is 0 Å². The van der Waals surface area contributed by atoms with E-state index in [-0.39, 0.29) is 16.1 Å². The molecule has 0 saturated carbocycles. The van der Waals surface area contributed by atoms with E-state index in [2.05, 4.69) is 4.74 Å². The Morgan fingerprint density at radius 1 is 1.22 bits per heavy atom. The zero-order valence-corrected chi connectivity index (χ0v) is 10.3. The summed E-state index contributed by atoms with van der Waals surface area (Å²) in [7, 11) is 0. The molecule has 2 aromatic rings. The third-order valence-corrected chi connectivity index (χ3v) is 3.51. The number of nitro groups is 1. The van der Waals surface area contributed by atoms with Crippen molar-refractivity contribution in [3.05, 3.63) is 49.5 Å². The molecule has 18 heavy (non-hydrogen) atoms. The van der Waals surface area contributed by atoms with Gasteiger partial charge in [0, 0.05) is 16.8 Å². The van der Waals surface area contributed by atoms with Crippen molar-refractivity contribution in [2.24, 2.45) is 0 Å². The van der Waals surface area contributed by atoms with E-state index in [4.69, 9.17) is 0 Å². The summed E-state index contributed by atoms with van der Waals surface area (Å²) in [4.78, 5) is 32.8. The van der Waals surface area contributed by atoms with Gasteiger partial charge in [0.15, 0.2) is 0 Å². The van der Waals surface area contributed by atoms with Gasteiger partial charge >= 0.3 is 16.9 Å². The minimum Gasteiger partial charge on any atom is -0.386 e. The molecule has 0 radical (unpaired) electrons. The van der Waals surface area contributed by atoms with Gasteiger partial charge < -0.3 is 4.74 Å². The second kappa shape index (κ2) is 5.07. The Bertz CT molecular complexity index is 602. The standard InChI is InChI=1S/C10H5NO5S2/c12-9(6-1-2-17-4-6)16-10(13)7-3-8(11(14)15)18-5-7/h1-5H. The highest BCUT2D eigenvalue weighted by molar-refractivity contribution is 7.13. The summed E-state index contributed by atoms with van der Waals surface area (Å²) < 4.78 is 4.59. The number of hydrogen-bond acceptors (Lipinski definition) is 7. The van der Waals surface area contributed by atoms with Crippen LogP contribution in [-0.2, 0) is 4.74 Å². The molecule has 0 aliphatic carbocycles. The summed E-state index contributed by atoms with van der Waals surface area (Å²) in [6, 6.07) is 2.60. The summed E-state index contributed by atoms with van der Waals surface area (Å²) in [6.45, 7) is 0. The first-order valence-corrected chi connectivity index (χ1v) is 6.42. The molecule has 2 rings (SSSR count). The first kappa shape index (κ1) is 12.4. The average molecular weight is 283 g/mol. The fraction of sp³-hybridized carbons (Fsp3) is 0. The summed E-state index contributed by atoms with van der Waals surface area (Å²) in [6.07, 6.45) is 0. The third-order valence-electron chi connectivity index (χ3n) is 1.94. The van der Waals surface area contributed by atoms with Gasteiger partial charge in [-0.3, -0.25) is 10.1 Å². The van der Waals surface area contributed by atoms with Crippen LogP contribution in [0.2, 0.25) is 0 Å². The number of carbonyl (C=O) groups is 2. The van der Waals surface area contributed by atoms with Crippen LogP contribution in [0.5, 0.6) is 0 Å². The van der Waals surface area contributed by atoms with Crippen LogP contribution in [-0.4, -0.2) is 16.9 Å². The molecule has 6 nitrogen and oxygen atoms in total. The van der Waals surface area contributed by atoms with Gasteiger partial charge in [0.1, 0.15) is 0 Å². The Hall–Kier alpha value is -2.06. The number of thiophene rings is 2. The maximum Gasteiger partial charge on any atom is 0.347 e. The first-order chi connectivity index (χ1) is 8.58. The lowest BCUT2D eigenvalue weighted by Crippen LogP contribution is -2.11. The summed E-state index contributed by atoms with van der Waals surface area (Å²) in [5.74, 6) is -1.66. The number of ether oxygens (including phenoxy) is 1. The molecule has 0 atom stereocenters. The molecule has 0 fully saturated rings. The van der Waals surface area contributed by atoms with E-state index in [1.165, 1.54) is 22.8 Å². The number of rotatable bonds is 3. The number of nitrogens with zero attached hydrogens (tertiary/aromatic N) is 1. The second-order valence-corrected chi connectivity index (χ2v) is 4.79. The Labute approximate surface area is 109 Å². The molecule has 0 aliphatic rings. The number of hydrogen-bond donors (Lipinski definition) is 0. The zero-order valence-electron chi connectivity index (χ0n) is 8.69.